The Kier molecular flexibility index (Phi) is 8.49. The molecular weight excluding hydrogens is 326 g/mol. The van der Waals surface area contributed by atoms with Gasteiger partial charge < -0.3 is 10.0 Å². The molecule has 26 heavy (non-hydrogen) atoms. The lowest BCUT2D eigenvalue weighted by Gasteiger charge is -2.24. The van der Waals surface area contributed by atoms with E-state index in [2.05, 4.69) is 34.2 Å². The minimum absolute atomic E-state index is 0.245. The number of aldehydes is 1. The van der Waals surface area contributed by atoms with Crippen LogP contribution in [0, 0.1) is 0 Å². The van der Waals surface area contributed by atoms with Gasteiger partial charge in [0.2, 0.25) is 0 Å². The lowest BCUT2D eigenvalue weighted by atomic mass is 10.2. The van der Waals surface area contributed by atoms with Gasteiger partial charge in [0.25, 0.3) is 0 Å². The molecule has 0 bridgehead atoms. The Morgan fingerprint density at radius 3 is 2.00 bits per heavy atom. The molecule has 0 saturated carbocycles. The van der Waals surface area contributed by atoms with Crippen molar-refractivity contribution >= 4 is 23.3 Å². The molecule has 5 nitrogen and oxygen atoms in total. The van der Waals surface area contributed by atoms with Crippen molar-refractivity contribution in [2.45, 2.75) is 32.6 Å². The van der Waals surface area contributed by atoms with E-state index in [-0.39, 0.29) is 6.61 Å². The molecule has 0 spiro atoms. The Labute approximate surface area is 155 Å². The van der Waals surface area contributed by atoms with Gasteiger partial charge in [-0.1, -0.05) is 13.3 Å². The van der Waals surface area contributed by atoms with Crippen LogP contribution < -0.4 is 4.90 Å². The first-order valence-electron chi connectivity index (χ1n) is 9.19. The van der Waals surface area contributed by atoms with E-state index in [0.29, 0.717) is 11.3 Å². The fourth-order valence-electron chi connectivity index (χ4n) is 2.60. The van der Waals surface area contributed by atoms with Crippen LogP contribution in [0.1, 0.15) is 43.0 Å². The number of rotatable bonds is 11. The van der Waals surface area contributed by atoms with Gasteiger partial charge in [-0.25, -0.2) is 0 Å². The number of anilines is 1. The van der Waals surface area contributed by atoms with Crippen molar-refractivity contribution in [3.63, 3.8) is 0 Å². The topological polar surface area (TPSA) is 65.3 Å². The molecule has 0 aliphatic rings. The molecule has 5 heteroatoms. The molecule has 0 atom stereocenters. The first kappa shape index (κ1) is 19.8. The van der Waals surface area contributed by atoms with Crippen molar-refractivity contribution in [1.29, 1.82) is 0 Å². The maximum absolute atomic E-state index is 10.7. The Morgan fingerprint density at radius 1 is 0.885 bits per heavy atom. The maximum Gasteiger partial charge on any atom is 0.150 e. The van der Waals surface area contributed by atoms with Gasteiger partial charge in [0.1, 0.15) is 6.29 Å². The summed E-state index contributed by atoms with van der Waals surface area (Å²) in [5, 5.41) is 17.4. The third-order valence-electron chi connectivity index (χ3n) is 4.14. The molecule has 2 aromatic carbocycles. The molecule has 0 aromatic heterocycles. The summed E-state index contributed by atoms with van der Waals surface area (Å²) >= 11 is 0. The quantitative estimate of drug-likeness (QED) is 0.339. The zero-order valence-corrected chi connectivity index (χ0v) is 15.3. The third-order valence-corrected chi connectivity index (χ3v) is 4.14. The number of hydrogen-bond acceptors (Lipinski definition) is 5. The molecule has 1 N–H and O–H groups in total. The molecular formula is C21H27N3O2. The number of benzene rings is 2. The molecule has 2 aromatic rings. The van der Waals surface area contributed by atoms with Gasteiger partial charge in [-0.2, -0.15) is 10.2 Å². The summed E-state index contributed by atoms with van der Waals surface area (Å²) < 4.78 is 0. The standard InChI is InChI=1S/C21H27N3O2/c1-2-3-14-24(15-4-5-16-25)21-12-10-20(11-13-21)23-22-19-8-6-18(17-26)7-9-19/h6-13,17,25H,2-5,14-16H2,1H3. The number of nitrogens with zero attached hydrogens (tertiary/aromatic N) is 3. The molecule has 2 rings (SSSR count). The zero-order chi connectivity index (χ0) is 18.6. The first-order valence-corrected chi connectivity index (χ1v) is 9.19. The Hall–Kier alpha value is -2.53. The Bertz CT molecular complexity index is 681. The highest BCUT2D eigenvalue weighted by molar-refractivity contribution is 5.75. The van der Waals surface area contributed by atoms with Crippen LogP contribution >= 0.6 is 0 Å². The van der Waals surface area contributed by atoms with Crippen LogP contribution in [0.3, 0.4) is 0 Å². The highest BCUT2D eigenvalue weighted by Crippen LogP contribution is 2.23. The van der Waals surface area contributed by atoms with Crippen LogP contribution in [0.2, 0.25) is 0 Å². The summed E-state index contributed by atoms with van der Waals surface area (Å²) in [7, 11) is 0. The highest BCUT2D eigenvalue weighted by atomic mass is 16.2. The van der Waals surface area contributed by atoms with E-state index in [9.17, 15) is 4.79 Å². The van der Waals surface area contributed by atoms with E-state index in [1.165, 1.54) is 5.69 Å². The van der Waals surface area contributed by atoms with E-state index in [1.54, 1.807) is 24.3 Å². The zero-order valence-electron chi connectivity index (χ0n) is 15.3. The molecule has 0 radical (unpaired) electrons. The largest absolute Gasteiger partial charge is 0.396 e. The minimum atomic E-state index is 0.245. The molecule has 0 aliphatic heterocycles. The second-order valence-corrected chi connectivity index (χ2v) is 6.20. The predicted octanol–water partition coefficient (Wildman–Crippen LogP) is 5.29. The van der Waals surface area contributed by atoms with Crippen LogP contribution in [0.5, 0.6) is 0 Å². The lowest BCUT2D eigenvalue weighted by Crippen LogP contribution is -2.25. The summed E-state index contributed by atoms with van der Waals surface area (Å²) in [6, 6.07) is 15.1. The number of azo groups is 1. The monoisotopic (exact) mass is 353 g/mol. The SMILES string of the molecule is CCCCN(CCCCO)c1ccc(N=Nc2ccc(C=O)cc2)cc1. The molecule has 0 unspecified atom stereocenters. The second-order valence-electron chi connectivity index (χ2n) is 6.20. The van der Waals surface area contributed by atoms with E-state index in [1.807, 2.05) is 12.1 Å². The average molecular weight is 353 g/mol. The summed E-state index contributed by atoms with van der Waals surface area (Å²) in [6.07, 6.45) is 4.93. The van der Waals surface area contributed by atoms with Crippen LogP contribution in [-0.2, 0) is 0 Å². The normalized spacial score (nSPS) is 11.0. The van der Waals surface area contributed by atoms with Crippen LogP contribution in [0.25, 0.3) is 0 Å². The molecule has 138 valence electrons. The molecule has 0 saturated heterocycles. The van der Waals surface area contributed by atoms with Crippen LogP contribution in [0.15, 0.2) is 58.8 Å². The van der Waals surface area contributed by atoms with Gasteiger partial charge >= 0.3 is 0 Å². The van der Waals surface area contributed by atoms with Gasteiger partial charge in [0.05, 0.1) is 11.4 Å². The fourth-order valence-corrected chi connectivity index (χ4v) is 2.60. The minimum Gasteiger partial charge on any atom is -0.396 e. The summed E-state index contributed by atoms with van der Waals surface area (Å²) in [5.74, 6) is 0. The average Bonchev–Trinajstić information content (AvgIpc) is 2.70. The summed E-state index contributed by atoms with van der Waals surface area (Å²) in [5.41, 5.74) is 3.31. The number of carbonyl (C=O) groups excluding carboxylic acids is 1. The highest BCUT2D eigenvalue weighted by Gasteiger charge is 2.06. The number of aliphatic hydroxyl groups excluding tert-OH is 1. The van der Waals surface area contributed by atoms with E-state index >= 15 is 0 Å². The van der Waals surface area contributed by atoms with Crippen LogP contribution in [0.4, 0.5) is 17.1 Å². The van der Waals surface area contributed by atoms with Gasteiger partial charge in [0.15, 0.2) is 0 Å². The number of carbonyl (C=O) groups is 1. The smallest absolute Gasteiger partial charge is 0.150 e. The Morgan fingerprint density at radius 2 is 1.46 bits per heavy atom. The summed E-state index contributed by atoms with van der Waals surface area (Å²) in [4.78, 5) is 13.0. The van der Waals surface area contributed by atoms with Crippen molar-refractivity contribution in [3.8, 4) is 0 Å². The molecule has 0 amide bonds. The molecule has 0 heterocycles. The Balaban J connectivity index is 2.01. The summed E-state index contributed by atoms with van der Waals surface area (Å²) in [6.45, 7) is 4.40. The van der Waals surface area contributed by atoms with E-state index < -0.39 is 0 Å². The number of unbranched alkanes of at least 4 members (excludes halogenated alkanes) is 2. The lowest BCUT2D eigenvalue weighted by molar-refractivity contribution is 0.112. The number of aliphatic hydroxyl groups is 1. The second kappa shape index (κ2) is 11.2. The van der Waals surface area contributed by atoms with Gasteiger partial charge in [-0.15, -0.1) is 0 Å². The van der Waals surface area contributed by atoms with Gasteiger partial charge in [0, 0.05) is 30.9 Å². The first-order chi connectivity index (χ1) is 12.8. The van der Waals surface area contributed by atoms with E-state index in [0.717, 1.165) is 50.7 Å². The van der Waals surface area contributed by atoms with Crippen molar-refractivity contribution in [2.24, 2.45) is 10.2 Å². The number of hydrogen-bond donors (Lipinski definition) is 1. The maximum atomic E-state index is 10.7. The molecule has 0 aliphatic carbocycles. The van der Waals surface area contributed by atoms with Gasteiger partial charge in [-0.3, -0.25) is 4.79 Å². The van der Waals surface area contributed by atoms with Crippen molar-refractivity contribution < 1.29 is 9.90 Å². The fraction of sp³-hybridized carbons (Fsp3) is 0.381. The van der Waals surface area contributed by atoms with Crippen molar-refractivity contribution in [1.82, 2.24) is 0 Å². The van der Waals surface area contributed by atoms with Crippen LogP contribution in [-0.4, -0.2) is 31.1 Å². The predicted molar refractivity (Wildman–Crippen MR) is 106 cm³/mol. The van der Waals surface area contributed by atoms with Crippen molar-refractivity contribution in [2.75, 3.05) is 24.6 Å². The van der Waals surface area contributed by atoms with E-state index in [4.69, 9.17) is 5.11 Å². The third kappa shape index (κ3) is 6.41. The van der Waals surface area contributed by atoms with Gasteiger partial charge in [-0.05, 0) is 67.8 Å². The van der Waals surface area contributed by atoms with Crippen molar-refractivity contribution in [3.05, 3.63) is 54.1 Å². The molecule has 0 fully saturated rings.